The number of benzene rings is 4. The van der Waals surface area contributed by atoms with E-state index in [0.29, 0.717) is 11.3 Å². The number of ether oxygens (including phenoxy) is 2. The number of rotatable bonds is 6. The lowest BCUT2D eigenvalue weighted by molar-refractivity contribution is -0.572. The Hall–Kier alpha value is -4.70. The Morgan fingerprint density at radius 2 is 1.08 bits per heavy atom. The Labute approximate surface area is 211 Å². The molecule has 1 aromatic heterocycles. The summed E-state index contributed by atoms with van der Waals surface area (Å²) in [6.45, 7) is 0. The van der Waals surface area contributed by atoms with E-state index in [-0.39, 0.29) is 0 Å². The maximum atomic E-state index is 12.3. The van der Waals surface area contributed by atoms with Gasteiger partial charge >= 0.3 is 5.97 Å². The van der Waals surface area contributed by atoms with Gasteiger partial charge in [-0.1, -0.05) is 66.7 Å². The van der Waals surface area contributed by atoms with Crippen molar-refractivity contribution >= 4 is 5.97 Å². The van der Waals surface area contributed by atoms with Gasteiger partial charge in [-0.2, -0.15) is 4.57 Å². The predicted molar refractivity (Wildman–Crippen MR) is 142 cm³/mol. The number of pyridine rings is 1. The molecule has 5 rings (SSSR count). The van der Waals surface area contributed by atoms with Crippen molar-refractivity contribution in [3.63, 3.8) is 0 Å². The van der Waals surface area contributed by atoms with Crippen molar-refractivity contribution < 1.29 is 18.8 Å². The van der Waals surface area contributed by atoms with Gasteiger partial charge in [0.1, 0.15) is 11.3 Å². The van der Waals surface area contributed by atoms with Gasteiger partial charge in [0, 0.05) is 29.3 Å². The largest absolute Gasteiger partial charge is 0.496 e. The minimum atomic E-state index is -0.436. The van der Waals surface area contributed by atoms with Crippen LogP contribution in [0.1, 0.15) is 10.4 Å². The molecule has 4 nitrogen and oxygen atoms in total. The van der Waals surface area contributed by atoms with Gasteiger partial charge in [0.2, 0.25) is 17.1 Å². The van der Waals surface area contributed by atoms with Gasteiger partial charge in [-0.3, -0.25) is 0 Å². The van der Waals surface area contributed by atoms with Crippen molar-refractivity contribution in [2.45, 2.75) is 0 Å². The molecule has 0 bridgehead atoms. The Balaban J connectivity index is 1.85. The molecule has 0 unspecified atom stereocenters. The molecule has 0 radical (unpaired) electrons. The average Bonchev–Trinajstić information content (AvgIpc) is 2.97. The van der Waals surface area contributed by atoms with Gasteiger partial charge in [0.05, 0.1) is 20.3 Å². The van der Waals surface area contributed by atoms with Crippen LogP contribution in [0.25, 0.3) is 39.3 Å². The molecule has 4 aromatic carbocycles. The lowest BCUT2D eigenvalue weighted by Crippen LogP contribution is -2.36. The summed E-state index contributed by atoms with van der Waals surface area (Å²) in [6.07, 6.45) is 0. The fourth-order valence-corrected chi connectivity index (χ4v) is 4.41. The van der Waals surface area contributed by atoms with E-state index >= 15 is 0 Å². The molecule has 0 aliphatic heterocycles. The molecule has 1 heterocycles. The molecular weight excluding hydrogens is 446 g/mol. The lowest BCUT2D eigenvalue weighted by atomic mass is 9.98. The first-order valence-electron chi connectivity index (χ1n) is 11.7. The second kappa shape index (κ2) is 10.3. The molecule has 0 fully saturated rings. The van der Waals surface area contributed by atoms with Crippen molar-refractivity contribution in [1.82, 2.24) is 0 Å². The third kappa shape index (κ3) is 4.49. The quantitative estimate of drug-likeness (QED) is 0.202. The number of aromatic nitrogens is 1. The summed E-state index contributed by atoms with van der Waals surface area (Å²) in [5.41, 5.74) is 7.68. The van der Waals surface area contributed by atoms with Crippen molar-refractivity contribution in [3.05, 3.63) is 127 Å². The highest BCUT2D eigenvalue weighted by molar-refractivity contribution is 5.92. The maximum absolute atomic E-state index is 12.3. The molecule has 0 N–H and O–H groups in total. The predicted octanol–water partition coefficient (Wildman–Crippen LogP) is 6.76. The summed E-state index contributed by atoms with van der Waals surface area (Å²) < 4.78 is 12.8. The van der Waals surface area contributed by atoms with Crippen LogP contribution in [0.4, 0.5) is 0 Å². The molecule has 0 aliphatic carbocycles. The smallest absolute Gasteiger partial charge is 0.341 e. The summed E-state index contributed by atoms with van der Waals surface area (Å²) in [7, 11) is 2.93. The molecule has 4 heteroatoms. The van der Waals surface area contributed by atoms with Crippen molar-refractivity contribution in [2.75, 3.05) is 14.2 Å². The molecule has 176 valence electrons. The van der Waals surface area contributed by atoms with E-state index in [9.17, 15) is 4.79 Å². The summed E-state index contributed by atoms with van der Waals surface area (Å²) in [4.78, 5) is 12.3. The van der Waals surface area contributed by atoms with Gasteiger partial charge in [0.15, 0.2) is 0 Å². The van der Waals surface area contributed by atoms with E-state index in [1.165, 1.54) is 7.11 Å². The summed E-state index contributed by atoms with van der Waals surface area (Å²) >= 11 is 0. The Morgan fingerprint density at radius 1 is 0.583 bits per heavy atom. The summed E-state index contributed by atoms with van der Waals surface area (Å²) in [5, 5.41) is 0. The molecule has 0 saturated heterocycles. The van der Waals surface area contributed by atoms with E-state index in [2.05, 4.69) is 65.2 Å². The third-order valence-electron chi connectivity index (χ3n) is 6.16. The van der Waals surface area contributed by atoms with Crippen molar-refractivity contribution in [2.24, 2.45) is 0 Å². The Morgan fingerprint density at radius 3 is 1.56 bits per heavy atom. The SMILES string of the molecule is COC(=O)c1ccc(-[n+]2c(-c3ccccc3)cc(-c3ccccc3)cc2-c2ccccc2)cc1OC. The fourth-order valence-electron chi connectivity index (χ4n) is 4.41. The zero-order valence-electron chi connectivity index (χ0n) is 20.2. The van der Waals surface area contributed by atoms with Crippen LogP contribution in [-0.2, 0) is 4.74 Å². The van der Waals surface area contributed by atoms with Crippen LogP contribution in [-0.4, -0.2) is 20.2 Å². The first kappa shape index (κ1) is 23.1. The van der Waals surface area contributed by atoms with Gasteiger partial charge in [0.25, 0.3) is 0 Å². The highest BCUT2D eigenvalue weighted by Crippen LogP contribution is 2.31. The number of nitrogens with zero attached hydrogens (tertiary/aromatic N) is 1. The lowest BCUT2D eigenvalue weighted by Gasteiger charge is -2.14. The highest BCUT2D eigenvalue weighted by atomic mass is 16.5. The second-order valence-electron chi connectivity index (χ2n) is 8.32. The molecule has 0 amide bonds. The molecule has 0 spiro atoms. The van der Waals surface area contributed by atoms with Crippen LogP contribution in [0.5, 0.6) is 5.75 Å². The number of carbonyl (C=O) groups is 1. The zero-order chi connectivity index (χ0) is 24.9. The standard InChI is InChI=1S/C32H26NO3/c1-35-31-22-27(18-19-28(31)32(34)36-2)33-29(24-14-8-4-9-15-24)20-26(23-12-6-3-7-13-23)21-30(33)25-16-10-5-11-17-25/h3-22H,1-2H3/q+1. The molecule has 36 heavy (non-hydrogen) atoms. The Kier molecular flexibility index (Phi) is 6.59. The average molecular weight is 473 g/mol. The van der Waals surface area contributed by atoms with Gasteiger partial charge in [-0.15, -0.1) is 0 Å². The highest BCUT2D eigenvalue weighted by Gasteiger charge is 2.26. The van der Waals surface area contributed by atoms with Gasteiger partial charge < -0.3 is 9.47 Å². The number of methoxy groups -OCH3 is 2. The monoisotopic (exact) mass is 472 g/mol. The van der Waals surface area contributed by atoms with Crippen molar-refractivity contribution in [3.8, 4) is 45.1 Å². The maximum Gasteiger partial charge on any atom is 0.341 e. The number of carbonyl (C=O) groups excluding carboxylic acids is 1. The zero-order valence-corrected chi connectivity index (χ0v) is 20.2. The number of esters is 1. The number of hydrogen-bond acceptors (Lipinski definition) is 3. The fraction of sp³-hybridized carbons (Fsp3) is 0.0625. The first-order valence-corrected chi connectivity index (χ1v) is 11.7. The topological polar surface area (TPSA) is 39.4 Å². The van der Waals surface area contributed by atoms with E-state index in [1.807, 2.05) is 54.6 Å². The normalized spacial score (nSPS) is 10.6. The summed E-state index contributed by atoms with van der Waals surface area (Å²) in [5.74, 6) is 0.0198. The van der Waals surface area contributed by atoms with Crippen LogP contribution >= 0.6 is 0 Å². The molecule has 5 aromatic rings. The molecule has 0 saturated carbocycles. The van der Waals surface area contributed by atoms with E-state index in [1.54, 1.807) is 13.2 Å². The van der Waals surface area contributed by atoms with E-state index < -0.39 is 5.97 Å². The second-order valence-corrected chi connectivity index (χ2v) is 8.32. The van der Waals surface area contributed by atoms with E-state index in [0.717, 1.165) is 39.3 Å². The van der Waals surface area contributed by atoms with Crippen LogP contribution in [0.15, 0.2) is 121 Å². The van der Waals surface area contributed by atoms with Crippen LogP contribution in [0.2, 0.25) is 0 Å². The minimum absolute atomic E-state index is 0.382. The van der Waals surface area contributed by atoms with Crippen LogP contribution in [0, 0.1) is 0 Å². The molecule has 0 aliphatic rings. The molecule has 0 atom stereocenters. The number of hydrogen-bond donors (Lipinski definition) is 0. The van der Waals surface area contributed by atoms with Crippen molar-refractivity contribution in [1.29, 1.82) is 0 Å². The molecular formula is C32H26NO3+. The summed E-state index contributed by atoms with van der Waals surface area (Å²) in [6, 6.07) is 41.0. The minimum Gasteiger partial charge on any atom is -0.496 e. The van der Waals surface area contributed by atoms with Gasteiger partial charge in [-0.25, -0.2) is 4.79 Å². The van der Waals surface area contributed by atoms with Crippen LogP contribution in [0.3, 0.4) is 0 Å². The van der Waals surface area contributed by atoms with E-state index in [4.69, 9.17) is 9.47 Å². The first-order chi connectivity index (χ1) is 17.7. The Bertz CT molecular complexity index is 1440. The van der Waals surface area contributed by atoms with Crippen LogP contribution < -0.4 is 9.30 Å². The van der Waals surface area contributed by atoms with Gasteiger partial charge in [-0.05, 0) is 41.5 Å². The third-order valence-corrected chi connectivity index (χ3v) is 6.16.